The summed E-state index contributed by atoms with van der Waals surface area (Å²) in [6, 6.07) is 0. The monoisotopic (exact) mass is 298 g/mol. The van der Waals surface area contributed by atoms with Crippen molar-refractivity contribution in [1.29, 1.82) is 5.41 Å². The minimum Gasteiger partial charge on any atom is -0.414 e. The Balaban J connectivity index is 2.12. The first-order chi connectivity index (χ1) is 10.5. The van der Waals surface area contributed by atoms with Gasteiger partial charge in [-0.15, -0.1) is 0 Å². The van der Waals surface area contributed by atoms with Crippen molar-refractivity contribution in [3.05, 3.63) is 18.1 Å². The van der Waals surface area contributed by atoms with Crippen LogP contribution < -0.4 is 10.3 Å². The quantitative estimate of drug-likeness (QED) is 0.486. The highest BCUT2D eigenvalue weighted by Gasteiger charge is 2.43. The van der Waals surface area contributed by atoms with Crippen molar-refractivity contribution in [2.75, 3.05) is 13.7 Å². The Kier molecular flexibility index (Phi) is 3.07. The van der Waals surface area contributed by atoms with Gasteiger partial charge in [0.2, 0.25) is 0 Å². The molecule has 0 spiro atoms. The van der Waals surface area contributed by atoms with E-state index < -0.39 is 31.1 Å². The lowest BCUT2D eigenvalue weighted by molar-refractivity contribution is -0.0511. The molecule has 21 heavy (non-hydrogen) atoms. The Morgan fingerprint density at radius 1 is 1.48 bits per heavy atom. The van der Waals surface area contributed by atoms with E-state index in [9.17, 15) is 10.2 Å². The first-order valence-electron chi connectivity index (χ1n) is 6.67. The number of fused-ring (bicyclic) bond motifs is 1. The van der Waals surface area contributed by atoms with Crippen molar-refractivity contribution in [3.8, 4) is 0 Å². The van der Waals surface area contributed by atoms with Crippen LogP contribution >= 0.6 is 0 Å². The summed E-state index contributed by atoms with van der Waals surface area (Å²) in [6.07, 6.45) is -3.55. The number of ether oxygens (including phenoxy) is 1. The zero-order chi connectivity index (χ0) is 16.0. The third-order valence-corrected chi connectivity index (χ3v) is 3.42. The number of imidazole rings is 1. The van der Waals surface area contributed by atoms with Gasteiger partial charge < -0.3 is 24.9 Å². The number of aromatic nitrogens is 4. The molecule has 4 N–H and O–H groups in total. The summed E-state index contributed by atoms with van der Waals surface area (Å²) in [5.41, 5.74) is 0.108. The molecular formula is C11H15N5O5. The highest BCUT2D eigenvalue weighted by Crippen LogP contribution is 2.30. The van der Waals surface area contributed by atoms with Crippen LogP contribution in [0.5, 0.6) is 0 Å². The normalized spacial score (nSPS) is 29.8. The summed E-state index contributed by atoms with van der Waals surface area (Å²) in [6.45, 7) is -0.453. The predicted molar refractivity (Wildman–Crippen MR) is 66.9 cm³/mol. The number of hydrogen-bond acceptors (Lipinski definition) is 8. The van der Waals surface area contributed by atoms with Crippen molar-refractivity contribution >= 4 is 11.2 Å². The lowest BCUT2D eigenvalue weighted by atomic mass is 10.1. The van der Waals surface area contributed by atoms with Gasteiger partial charge in [-0.05, 0) is 0 Å². The molecule has 0 saturated carbocycles. The van der Waals surface area contributed by atoms with Crippen LogP contribution in [0.15, 0.2) is 12.6 Å². The Morgan fingerprint density at radius 3 is 2.86 bits per heavy atom. The molecule has 4 atom stereocenters. The molecule has 1 saturated heterocycles. The van der Waals surface area contributed by atoms with Crippen LogP contribution in [0.3, 0.4) is 0 Å². The predicted octanol–water partition coefficient (Wildman–Crippen LogP) is -2.62. The summed E-state index contributed by atoms with van der Waals surface area (Å²) in [5, 5.41) is 36.9. The average Bonchev–Trinajstić information content (AvgIpc) is 3.02. The molecule has 0 aromatic carbocycles. The van der Waals surface area contributed by atoms with E-state index in [1.165, 1.54) is 18.0 Å². The molecular weight excluding hydrogens is 282 g/mol. The van der Waals surface area contributed by atoms with Gasteiger partial charge in [-0.1, -0.05) is 0 Å². The van der Waals surface area contributed by atoms with E-state index in [2.05, 4.69) is 9.97 Å². The van der Waals surface area contributed by atoms with E-state index in [0.717, 1.165) is 4.73 Å². The van der Waals surface area contributed by atoms with Gasteiger partial charge >= 0.3 is 0 Å². The summed E-state index contributed by atoms with van der Waals surface area (Å²) in [4.78, 5) is 12.9. The Morgan fingerprint density at radius 2 is 2.24 bits per heavy atom. The SMILES string of the molecule is [2H]c1nc2c(ncn2[C@@H]2O[C@H](CO)[C@@H](O)[C@H]2O)c(=N)n1OC. The van der Waals surface area contributed by atoms with Crippen LogP contribution in [0.2, 0.25) is 0 Å². The first-order valence-corrected chi connectivity index (χ1v) is 6.17. The largest absolute Gasteiger partial charge is 0.414 e. The fourth-order valence-corrected chi connectivity index (χ4v) is 2.30. The molecule has 0 radical (unpaired) electrons. The lowest BCUT2D eigenvalue weighted by Gasteiger charge is -2.16. The molecule has 0 unspecified atom stereocenters. The Hall–Kier alpha value is -2.01. The molecule has 3 rings (SSSR count). The van der Waals surface area contributed by atoms with Crippen molar-refractivity contribution in [2.24, 2.45) is 0 Å². The van der Waals surface area contributed by atoms with Crippen LogP contribution in [0.25, 0.3) is 11.2 Å². The van der Waals surface area contributed by atoms with Gasteiger partial charge in [0.15, 0.2) is 22.9 Å². The number of rotatable bonds is 3. The van der Waals surface area contributed by atoms with Gasteiger partial charge in [0, 0.05) is 0 Å². The highest BCUT2D eigenvalue weighted by atomic mass is 16.6. The van der Waals surface area contributed by atoms with Crippen molar-refractivity contribution < 1.29 is 26.3 Å². The molecule has 1 aliphatic heterocycles. The number of nitrogens with zero attached hydrogens (tertiary/aromatic N) is 4. The topological polar surface area (TPSA) is 139 Å². The van der Waals surface area contributed by atoms with Crippen LogP contribution in [0.1, 0.15) is 7.60 Å². The van der Waals surface area contributed by atoms with Crippen molar-refractivity contribution in [2.45, 2.75) is 24.5 Å². The van der Waals surface area contributed by atoms with E-state index >= 15 is 0 Å². The summed E-state index contributed by atoms with van der Waals surface area (Å²) in [5.74, 6) is 0. The van der Waals surface area contributed by atoms with Crippen LogP contribution in [-0.4, -0.2) is 66.6 Å². The standard InChI is InChI=1S/C11H15N5O5/c1-20-16-4-14-10-6(9(16)12)13-3-15(10)11-8(19)7(18)5(2-17)21-11/h3-5,7-8,11-12,17-19H,2H2,1H3/t5-,7-,8-,11-/m1/s1/i4D. The molecule has 1 aliphatic rings. The zero-order valence-corrected chi connectivity index (χ0v) is 11.0. The summed E-state index contributed by atoms with van der Waals surface area (Å²) >= 11 is 0. The second-order valence-electron chi connectivity index (χ2n) is 4.59. The van der Waals surface area contributed by atoms with Crippen LogP contribution in [0.4, 0.5) is 0 Å². The molecule has 0 bridgehead atoms. The molecule has 0 amide bonds. The van der Waals surface area contributed by atoms with Gasteiger partial charge in [-0.3, -0.25) is 9.98 Å². The van der Waals surface area contributed by atoms with E-state index in [4.69, 9.17) is 21.5 Å². The third kappa shape index (κ3) is 2.00. The van der Waals surface area contributed by atoms with E-state index in [1.54, 1.807) is 0 Å². The highest BCUT2D eigenvalue weighted by molar-refractivity contribution is 5.68. The van der Waals surface area contributed by atoms with E-state index in [0.29, 0.717) is 0 Å². The van der Waals surface area contributed by atoms with Crippen molar-refractivity contribution in [1.82, 2.24) is 19.3 Å². The lowest BCUT2D eigenvalue weighted by Crippen LogP contribution is -2.33. The number of aliphatic hydroxyl groups excluding tert-OH is 3. The molecule has 0 aliphatic carbocycles. The van der Waals surface area contributed by atoms with Crippen LogP contribution in [0, 0.1) is 5.41 Å². The van der Waals surface area contributed by atoms with Gasteiger partial charge in [-0.2, -0.15) is 4.73 Å². The molecule has 2 aromatic rings. The molecule has 114 valence electrons. The van der Waals surface area contributed by atoms with Gasteiger partial charge in [-0.25, -0.2) is 9.97 Å². The molecule has 1 fully saturated rings. The maximum Gasteiger partial charge on any atom is 0.192 e. The minimum absolute atomic E-state index is 0.137. The van der Waals surface area contributed by atoms with Crippen LogP contribution in [-0.2, 0) is 4.74 Å². The second kappa shape index (κ2) is 5.07. The fraction of sp³-hybridized carbons (Fsp3) is 0.545. The maximum atomic E-state index is 10.0. The van der Waals surface area contributed by atoms with Gasteiger partial charge in [0.1, 0.15) is 33.1 Å². The number of aliphatic hydroxyl groups is 3. The fourth-order valence-electron chi connectivity index (χ4n) is 2.30. The molecule has 2 aromatic heterocycles. The smallest absolute Gasteiger partial charge is 0.192 e. The maximum absolute atomic E-state index is 10.0. The van der Waals surface area contributed by atoms with Gasteiger partial charge in [0.05, 0.1) is 12.9 Å². The molecule has 3 heterocycles. The second-order valence-corrected chi connectivity index (χ2v) is 4.59. The zero-order valence-electron chi connectivity index (χ0n) is 12.0. The Bertz CT molecular complexity index is 761. The van der Waals surface area contributed by atoms with Gasteiger partial charge in [0.25, 0.3) is 0 Å². The number of nitrogens with one attached hydrogen (secondary N) is 1. The summed E-state index contributed by atoms with van der Waals surface area (Å²) in [7, 11) is 1.30. The molecule has 10 heteroatoms. The van der Waals surface area contributed by atoms with E-state index in [-0.39, 0.29) is 23.0 Å². The third-order valence-electron chi connectivity index (χ3n) is 3.42. The van der Waals surface area contributed by atoms with E-state index in [1.807, 2.05) is 0 Å². The average molecular weight is 298 g/mol. The minimum atomic E-state index is -1.30. The first kappa shape index (κ1) is 12.7. The van der Waals surface area contributed by atoms with Crippen molar-refractivity contribution in [3.63, 3.8) is 0 Å². The Labute approximate surface area is 119 Å². The molecule has 10 nitrogen and oxygen atoms in total. The summed E-state index contributed by atoms with van der Waals surface area (Å²) < 4.78 is 15.3. The number of hydrogen-bond donors (Lipinski definition) is 4.